The van der Waals surface area contributed by atoms with Crippen molar-refractivity contribution in [1.82, 2.24) is 19.9 Å². The first-order chi connectivity index (χ1) is 49.2. The normalized spacial score (nSPS) is 12.6. The Kier molecular flexibility index (Phi) is 25.1. The van der Waals surface area contributed by atoms with Crippen molar-refractivity contribution >= 4 is 97.7 Å². The molecule has 454 valence electrons. The van der Waals surface area contributed by atoms with E-state index in [0.29, 0.717) is 39.7 Å². The van der Waals surface area contributed by atoms with Crippen molar-refractivity contribution < 1.29 is 94.2 Å². The first kappa shape index (κ1) is 55.6. The molecule has 0 saturated heterocycles. The summed E-state index contributed by atoms with van der Waals surface area (Å²) in [4.78, 5) is 16.6. The molecule has 91 heavy (non-hydrogen) atoms. The number of nitrogens with zero attached hydrogens (tertiary/aromatic N) is 4. The van der Waals surface area contributed by atoms with Crippen LogP contribution in [0.5, 0.6) is 0 Å². The maximum atomic E-state index is 9.08. The number of benzene rings is 6. The van der Waals surface area contributed by atoms with Gasteiger partial charge in [-0.25, -0.2) is 8.42 Å². The number of aliphatic hydroxyl groups is 2. The Morgan fingerprint density at radius 3 is 1.36 bits per heavy atom. The SMILES string of the molecule is C#CC#CC#C.CO.CO.CS(=O)(=O)[O-].[2H]C([2H])([2H])c1cnc(-c2[c-]cccc2)cc1C.[2H]C([2H])([2H])c1cnc(-c2[c-]cccc2)cc1C.[2H]c1c(C([2H])([2H])[2H])cnc(-c2[c-]cc3c(c2)oc2ccccc23)c1[2H].[2H]c1c(C([2H])([2H])[2H])cnc(-c2ccc3c(c2)oc2ccccc23)c1[2H].[B]B([B])B([B])[B].[Ir].[Ir]. The number of rotatable bonds is 5. The third kappa shape index (κ3) is 26.2. The molecule has 0 unspecified atom stereocenters. The van der Waals surface area contributed by atoms with E-state index in [2.05, 4.69) is 61.8 Å². The predicted octanol–water partition coefficient (Wildman–Crippen LogP) is 12.4. The number of terminal acetylenes is 2. The number of hydrogen-bond acceptors (Lipinski definition) is 11. The van der Waals surface area contributed by atoms with E-state index >= 15 is 0 Å². The van der Waals surface area contributed by atoms with E-state index in [1.165, 1.54) is 12.4 Å². The molecule has 6 aromatic carbocycles. The summed E-state index contributed by atoms with van der Waals surface area (Å²) >= 11 is 0. The Morgan fingerprint density at radius 2 is 0.934 bits per heavy atom. The number of hydrogen-bond donors (Lipinski definition) is 2. The molecular formula is C71H62B6Ir2N4O7S-4. The van der Waals surface area contributed by atoms with Crippen LogP contribution in [0.4, 0.5) is 0 Å². The largest absolute Gasteiger partial charge is 0.748 e. The molecule has 0 saturated carbocycles. The molecule has 2 N–H and O–H groups in total. The van der Waals surface area contributed by atoms with Crippen LogP contribution in [0.2, 0.25) is 0 Å². The zero-order valence-electron chi connectivity index (χ0n) is 65.5. The van der Waals surface area contributed by atoms with E-state index in [1.54, 1.807) is 50.2 Å². The van der Waals surface area contributed by atoms with Crippen molar-refractivity contribution in [2.75, 3.05) is 20.5 Å². The van der Waals surface area contributed by atoms with Crippen molar-refractivity contribution in [2.24, 2.45) is 0 Å². The molecular weight excluding hydrogens is 1500 g/mol. The minimum atomic E-state index is -3.92. The van der Waals surface area contributed by atoms with Gasteiger partial charge in [0, 0.05) is 162 Å². The first-order valence-electron chi connectivity index (χ1n) is 34.1. The first-order valence-corrected chi connectivity index (χ1v) is 27.9. The minimum Gasteiger partial charge on any atom is -0.748 e. The van der Waals surface area contributed by atoms with E-state index in [9.17, 15) is 0 Å². The number of furan rings is 2. The van der Waals surface area contributed by atoms with E-state index in [1.807, 2.05) is 103 Å². The molecule has 0 bridgehead atoms. The molecule has 0 amide bonds. The molecule has 0 fully saturated rings. The Balaban J connectivity index is 0.000000446. The van der Waals surface area contributed by atoms with Gasteiger partial charge in [-0.3, -0.25) is 4.98 Å². The second-order valence-electron chi connectivity index (χ2n) is 17.8. The molecule has 0 atom stereocenters. The van der Waals surface area contributed by atoms with E-state index in [-0.39, 0.29) is 86.9 Å². The van der Waals surface area contributed by atoms with Gasteiger partial charge >= 0.3 is 0 Å². The van der Waals surface area contributed by atoms with Crippen molar-refractivity contribution in [3.63, 3.8) is 0 Å². The molecule has 0 aliphatic rings. The van der Waals surface area contributed by atoms with Crippen LogP contribution >= 0.6 is 0 Å². The van der Waals surface area contributed by atoms with Crippen LogP contribution in [-0.4, -0.2) is 107 Å². The van der Waals surface area contributed by atoms with Crippen LogP contribution < -0.4 is 0 Å². The topological polar surface area (TPSA) is 175 Å². The maximum absolute atomic E-state index is 9.08. The van der Waals surface area contributed by atoms with Gasteiger partial charge in [-0.05, 0) is 140 Å². The summed E-state index contributed by atoms with van der Waals surface area (Å²) in [5, 5.41) is 17.8. The van der Waals surface area contributed by atoms with Gasteiger partial charge in [0.15, 0.2) is 0 Å². The van der Waals surface area contributed by atoms with Crippen LogP contribution in [0.1, 0.15) is 55.3 Å². The summed E-state index contributed by atoms with van der Waals surface area (Å²) in [5.41, 5.74) is 9.23. The van der Waals surface area contributed by atoms with Gasteiger partial charge in [0.05, 0.1) is 26.9 Å². The number of para-hydroxylation sites is 2. The number of aliphatic hydroxyl groups excluding tert-OH is 2. The molecule has 11 nitrogen and oxygen atoms in total. The average Bonchev–Trinajstić information content (AvgIpc) is 1.73. The zero-order valence-corrected chi connectivity index (χ0v) is 55.1. The Morgan fingerprint density at radius 1 is 0.516 bits per heavy atom. The van der Waals surface area contributed by atoms with Crippen molar-refractivity contribution in [3.8, 4) is 81.6 Å². The zero-order chi connectivity index (χ0) is 79.0. The van der Waals surface area contributed by atoms with Crippen LogP contribution in [0.3, 0.4) is 0 Å². The van der Waals surface area contributed by atoms with Crippen molar-refractivity contribution in [2.45, 2.75) is 41.3 Å². The minimum absolute atomic E-state index is 0. The molecule has 6 heterocycles. The maximum Gasteiger partial charge on any atom is 0.136 e. The smallest absolute Gasteiger partial charge is 0.136 e. The second kappa shape index (κ2) is 41.2. The Labute approximate surface area is 591 Å². The van der Waals surface area contributed by atoms with Crippen LogP contribution in [0.25, 0.3) is 88.9 Å². The number of pyridine rings is 4. The third-order valence-corrected chi connectivity index (χ3v) is 11.3. The fraction of sp³-hybridized carbons (Fsp3) is 0.127. The number of fused-ring (bicyclic) bond motifs is 6. The van der Waals surface area contributed by atoms with Gasteiger partial charge in [-0.1, -0.05) is 95.3 Å². The molecule has 0 spiro atoms. The predicted molar refractivity (Wildman–Crippen MR) is 370 cm³/mol. The quantitative estimate of drug-likeness (QED) is 0.0726. The summed E-state index contributed by atoms with van der Waals surface area (Å²) in [7, 11) is 17.9. The van der Waals surface area contributed by atoms with Gasteiger partial charge < -0.3 is 38.6 Å². The summed E-state index contributed by atoms with van der Waals surface area (Å²) in [6, 6.07) is 50.9. The van der Waals surface area contributed by atoms with Crippen molar-refractivity contribution in [3.05, 3.63) is 240 Å². The fourth-order valence-corrected chi connectivity index (χ4v) is 7.18. The Bertz CT molecular complexity index is 4860. The fourth-order valence-electron chi connectivity index (χ4n) is 7.18. The summed E-state index contributed by atoms with van der Waals surface area (Å²) in [6.07, 6.45) is 14.0. The molecule has 6 aromatic heterocycles. The summed E-state index contributed by atoms with van der Waals surface area (Å²) in [5.74, 6) is 8.61. The molecule has 20 heteroatoms. The second-order valence-corrected chi connectivity index (χ2v) is 19.2. The van der Waals surface area contributed by atoms with E-state index in [0.717, 1.165) is 93.0 Å². The van der Waals surface area contributed by atoms with Crippen molar-refractivity contribution in [1.29, 1.82) is 0 Å². The van der Waals surface area contributed by atoms with Crippen LogP contribution in [0.15, 0.2) is 197 Å². The van der Waals surface area contributed by atoms with Gasteiger partial charge in [0.25, 0.3) is 0 Å². The van der Waals surface area contributed by atoms with Gasteiger partial charge in [0.2, 0.25) is 0 Å². The average molecular weight is 1580 g/mol. The summed E-state index contributed by atoms with van der Waals surface area (Å²) in [6.45, 7) is -5.55. The number of aromatic nitrogens is 4. The van der Waals surface area contributed by atoms with Gasteiger partial charge in [-0.2, -0.15) is 0 Å². The molecule has 0 aliphatic carbocycles. The third-order valence-electron chi connectivity index (χ3n) is 11.3. The summed E-state index contributed by atoms with van der Waals surface area (Å²) < 4.78 is 160. The Hall–Kier alpha value is -8.28. The van der Waals surface area contributed by atoms with Gasteiger partial charge in [-0.15, -0.1) is 102 Å². The molecule has 0 aliphatic heterocycles. The molecule has 12 rings (SSSR count). The van der Waals surface area contributed by atoms with E-state index < -0.39 is 50.3 Å². The standard InChI is InChI=1S/C18H13NO.C18H12NO.2C13H12N.C6H2.CH4O3S.2CH4O.B6.2Ir/c2*1-12-6-9-16(19-11-12)13-7-8-15-14-4-2-3-5-17(14)20-18(15)10-13;2*1-10-8-13(14-9-11(10)2)12-6-4-3-5-7-12;1-3-5-6-4-2;1-5(2,3)4;2*1-2;1-5(2)6(3)4;;/h2-11H,1H3;2-6,8-11H,1H3;2*3-6,8-9H,1-2H3;1-2H;1H3,(H,2,3,4);2*2H,1H3;;;/q;3*-1;;;;;;;/p-1/i2*1D3,6D,9D;2*2D3;;;;;;;. The van der Waals surface area contributed by atoms with Crippen LogP contribution in [0, 0.1) is 96.0 Å². The van der Waals surface area contributed by atoms with E-state index in [4.69, 9.17) is 97.7 Å². The van der Waals surface area contributed by atoms with Gasteiger partial charge in [0.1, 0.15) is 16.7 Å². The molecule has 10 radical (unpaired) electrons. The monoisotopic (exact) mass is 1580 g/mol. The number of aryl methyl sites for hydroxylation is 6. The van der Waals surface area contributed by atoms with Crippen LogP contribution in [-0.2, 0) is 50.3 Å². The molecule has 12 aromatic rings.